The fraction of sp³-hybridized carbons (Fsp3) is 0.167. The van der Waals surface area contributed by atoms with Crippen molar-refractivity contribution in [3.05, 3.63) is 45.9 Å². The molecule has 0 radical (unpaired) electrons. The van der Waals surface area contributed by atoms with Gasteiger partial charge in [0.25, 0.3) is 10.0 Å². The van der Waals surface area contributed by atoms with Gasteiger partial charge in [-0.05, 0) is 19.1 Å². The molecule has 1 aromatic carbocycles. The van der Waals surface area contributed by atoms with Crippen molar-refractivity contribution in [2.45, 2.75) is 11.9 Å². The molecule has 0 bridgehead atoms. The molecule has 0 unspecified atom stereocenters. The van der Waals surface area contributed by atoms with Gasteiger partial charge < -0.3 is 4.74 Å². The molecule has 0 amide bonds. The number of halogens is 1. The number of anilines is 1. The van der Waals surface area contributed by atoms with E-state index in [2.05, 4.69) is 10.2 Å². The summed E-state index contributed by atoms with van der Waals surface area (Å²) in [4.78, 5) is 21.4. The van der Waals surface area contributed by atoms with Gasteiger partial charge in [0.1, 0.15) is 5.56 Å². The van der Waals surface area contributed by atoms with E-state index in [9.17, 15) is 27.7 Å². The molecule has 0 fully saturated rings. The molecule has 0 saturated heterocycles. The van der Waals surface area contributed by atoms with E-state index >= 15 is 0 Å². The normalized spacial score (nSPS) is 11.1. The zero-order chi connectivity index (χ0) is 17.9. The van der Waals surface area contributed by atoms with Crippen LogP contribution >= 0.6 is 0 Å². The van der Waals surface area contributed by atoms with E-state index in [-0.39, 0.29) is 17.9 Å². The van der Waals surface area contributed by atoms with Crippen molar-refractivity contribution < 1.29 is 27.3 Å². The minimum atomic E-state index is -4.33. The Bertz CT molecular complexity index is 895. The Balaban J connectivity index is 2.37. The molecule has 12 heteroatoms. The Kier molecular flexibility index (Phi) is 4.78. The van der Waals surface area contributed by atoms with Crippen LogP contribution in [0.15, 0.2) is 29.4 Å². The van der Waals surface area contributed by atoms with E-state index in [1.807, 2.05) is 4.72 Å². The van der Waals surface area contributed by atoms with Crippen molar-refractivity contribution in [2.24, 2.45) is 0 Å². The average Bonchev–Trinajstić information content (AvgIpc) is 2.99. The molecule has 0 aliphatic heterocycles. The smallest absolute Gasteiger partial charge is 0.342 e. The van der Waals surface area contributed by atoms with Gasteiger partial charge in [-0.1, -0.05) is 0 Å². The SMILES string of the molecule is CCOC(=O)c1cn[nH]c1S(=O)(=O)Nc1ccc(F)c([N+](=O)[O-])c1. The zero-order valence-corrected chi connectivity index (χ0v) is 13.0. The van der Waals surface area contributed by atoms with Crippen LogP contribution in [-0.4, -0.2) is 36.1 Å². The second kappa shape index (κ2) is 6.62. The Morgan fingerprint density at radius 1 is 1.50 bits per heavy atom. The lowest BCUT2D eigenvalue weighted by Gasteiger charge is -2.08. The van der Waals surface area contributed by atoms with Crippen molar-refractivity contribution in [2.75, 3.05) is 11.3 Å². The molecule has 0 aliphatic rings. The number of esters is 1. The molecule has 0 spiro atoms. The van der Waals surface area contributed by atoms with Gasteiger partial charge in [0.05, 0.1) is 23.4 Å². The summed E-state index contributed by atoms with van der Waals surface area (Å²) in [5.74, 6) is -2.02. The Hall–Kier alpha value is -3.02. The fourth-order valence-electron chi connectivity index (χ4n) is 1.76. The number of aromatic nitrogens is 2. The second-order valence-electron chi connectivity index (χ2n) is 4.36. The minimum Gasteiger partial charge on any atom is -0.462 e. The largest absolute Gasteiger partial charge is 0.462 e. The standard InChI is InChI=1S/C12H11FN4O6S/c1-2-23-12(18)8-6-14-15-11(8)24(21,22)16-7-3-4-9(13)10(5-7)17(19)20/h3-6,16H,2H2,1H3,(H,14,15). The van der Waals surface area contributed by atoms with Gasteiger partial charge in [-0.25, -0.2) is 4.79 Å². The van der Waals surface area contributed by atoms with Crippen LogP contribution in [0.4, 0.5) is 15.8 Å². The third-order valence-electron chi connectivity index (χ3n) is 2.76. The first-order valence-electron chi connectivity index (χ1n) is 6.43. The number of nitrogens with one attached hydrogen (secondary N) is 2. The number of nitro benzene ring substituents is 1. The van der Waals surface area contributed by atoms with E-state index < -0.39 is 37.4 Å². The molecule has 1 heterocycles. The van der Waals surface area contributed by atoms with Crippen LogP contribution < -0.4 is 4.72 Å². The predicted molar refractivity (Wildman–Crippen MR) is 78.4 cm³/mol. The van der Waals surface area contributed by atoms with Gasteiger partial charge >= 0.3 is 11.7 Å². The number of carbonyl (C=O) groups is 1. The topological polar surface area (TPSA) is 144 Å². The van der Waals surface area contributed by atoms with Crippen molar-refractivity contribution in [3.63, 3.8) is 0 Å². The summed E-state index contributed by atoms with van der Waals surface area (Å²) in [5, 5.41) is 15.7. The van der Waals surface area contributed by atoms with Crippen molar-refractivity contribution in [1.29, 1.82) is 0 Å². The highest BCUT2D eigenvalue weighted by Gasteiger charge is 2.27. The molecule has 1 aromatic heterocycles. The summed E-state index contributed by atoms with van der Waals surface area (Å²) >= 11 is 0. The molecule has 10 nitrogen and oxygen atoms in total. The predicted octanol–water partition coefficient (Wildman–Crippen LogP) is 1.43. The number of H-pyrrole nitrogens is 1. The first-order valence-corrected chi connectivity index (χ1v) is 7.92. The third-order valence-corrected chi connectivity index (χ3v) is 4.12. The van der Waals surface area contributed by atoms with Crippen LogP contribution in [0.1, 0.15) is 17.3 Å². The van der Waals surface area contributed by atoms with Crippen molar-refractivity contribution >= 4 is 27.4 Å². The molecule has 24 heavy (non-hydrogen) atoms. The molecule has 0 saturated carbocycles. The third kappa shape index (κ3) is 3.48. The average molecular weight is 358 g/mol. The highest BCUT2D eigenvalue weighted by molar-refractivity contribution is 7.92. The van der Waals surface area contributed by atoms with E-state index in [0.29, 0.717) is 6.07 Å². The lowest BCUT2D eigenvalue weighted by molar-refractivity contribution is -0.387. The maximum Gasteiger partial charge on any atom is 0.342 e. The van der Waals surface area contributed by atoms with Gasteiger partial charge in [0.15, 0.2) is 5.03 Å². The van der Waals surface area contributed by atoms with Crippen LogP contribution in [0, 0.1) is 15.9 Å². The van der Waals surface area contributed by atoms with Crippen LogP contribution in [-0.2, 0) is 14.8 Å². The highest BCUT2D eigenvalue weighted by Crippen LogP contribution is 2.24. The number of rotatable bonds is 6. The Labute approximate surface area is 134 Å². The maximum atomic E-state index is 13.3. The second-order valence-corrected chi connectivity index (χ2v) is 5.98. The van der Waals surface area contributed by atoms with Crippen LogP contribution in [0.5, 0.6) is 0 Å². The van der Waals surface area contributed by atoms with Crippen LogP contribution in [0.25, 0.3) is 0 Å². The Morgan fingerprint density at radius 2 is 2.21 bits per heavy atom. The number of aromatic amines is 1. The van der Waals surface area contributed by atoms with Gasteiger partial charge in [-0.3, -0.25) is 19.9 Å². The zero-order valence-electron chi connectivity index (χ0n) is 12.1. The molecular formula is C12H11FN4O6S. The van der Waals surface area contributed by atoms with E-state index in [1.54, 1.807) is 6.92 Å². The number of carbonyl (C=O) groups excluding carboxylic acids is 1. The lowest BCUT2D eigenvalue weighted by atomic mass is 10.3. The Morgan fingerprint density at radius 3 is 2.83 bits per heavy atom. The van der Waals surface area contributed by atoms with E-state index in [1.165, 1.54) is 0 Å². The number of hydrogen-bond donors (Lipinski definition) is 2. The van der Waals surface area contributed by atoms with Crippen molar-refractivity contribution in [1.82, 2.24) is 10.2 Å². The molecule has 2 aromatic rings. The van der Waals surface area contributed by atoms with Gasteiger partial charge in [-0.2, -0.15) is 17.9 Å². The van der Waals surface area contributed by atoms with Gasteiger partial charge in [0, 0.05) is 6.07 Å². The summed E-state index contributed by atoms with van der Waals surface area (Å²) in [6, 6.07) is 2.46. The summed E-state index contributed by atoms with van der Waals surface area (Å²) in [6.45, 7) is 1.57. The first kappa shape index (κ1) is 17.3. The molecule has 0 atom stereocenters. The summed E-state index contributed by atoms with van der Waals surface area (Å²) in [7, 11) is -4.33. The van der Waals surface area contributed by atoms with Crippen LogP contribution in [0.2, 0.25) is 0 Å². The summed E-state index contributed by atoms with van der Waals surface area (Å²) in [6.07, 6.45) is 0.972. The molecule has 128 valence electrons. The quantitative estimate of drug-likeness (QED) is 0.451. The molecule has 2 rings (SSSR count). The first-order chi connectivity index (χ1) is 11.3. The number of nitro groups is 1. The maximum absolute atomic E-state index is 13.3. The number of hydrogen-bond acceptors (Lipinski definition) is 7. The molecule has 2 N–H and O–H groups in total. The molecular weight excluding hydrogens is 347 g/mol. The van der Waals surface area contributed by atoms with E-state index in [4.69, 9.17) is 4.74 Å². The van der Waals surface area contributed by atoms with Gasteiger partial charge in [-0.15, -0.1) is 0 Å². The van der Waals surface area contributed by atoms with E-state index in [0.717, 1.165) is 18.3 Å². The lowest BCUT2D eigenvalue weighted by Crippen LogP contribution is -2.18. The summed E-state index contributed by atoms with van der Waals surface area (Å²) < 4.78 is 44.6. The summed E-state index contributed by atoms with van der Waals surface area (Å²) in [5.41, 5.74) is -1.49. The minimum absolute atomic E-state index is 0.0289. The molecule has 0 aliphatic carbocycles. The fourth-order valence-corrected chi connectivity index (χ4v) is 2.89. The number of ether oxygens (including phenoxy) is 1. The highest BCUT2D eigenvalue weighted by atomic mass is 32.2. The number of benzene rings is 1. The number of sulfonamides is 1. The monoisotopic (exact) mass is 358 g/mol. The number of nitrogens with zero attached hydrogens (tertiary/aromatic N) is 2. The van der Waals surface area contributed by atoms with Crippen LogP contribution in [0.3, 0.4) is 0 Å². The van der Waals surface area contributed by atoms with Crippen molar-refractivity contribution in [3.8, 4) is 0 Å². The van der Waals surface area contributed by atoms with Gasteiger partial charge in [0.2, 0.25) is 5.82 Å².